The summed E-state index contributed by atoms with van der Waals surface area (Å²) in [5.74, 6) is -22.8. The minimum Gasteiger partial charge on any atom is -0.507 e. The van der Waals surface area contributed by atoms with Gasteiger partial charge in [0.05, 0.1) is 9.79 Å². The summed E-state index contributed by atoms with van der Waals surface area (Å²) < 4.78 is 115. The van der Waals surface area contributed by atoms with Crippen LogP contribution in [0.25, 0.3) is 44.5 Å². The third kappa shape index (κ3) is 6.48. The van der Waals surface area contributed by atoms with E-state index in [9.17, 15) is 76.0 Å². The van der Waals surface area contributed by atoms with Gasteiger partial charge in [0.15, 0.2) is 69.5 Å². The Balaban J connectivity index is 1.93. The summed E-state index contributed by atoms with van der Waals surface area (Å²) in [6, 6.07) is -0.0953. The summed E-state index contributed by atoms with van der Waals surface area (Å²) in [7, 11) is 0. The van der Waals surface area contributed by atoms with Crippen molar-refractivity contribution < 1.29 is 76.0 Å². The molecular weight excluding hydrogens is 849 g/mol. The Labute approximate surface area is 340 Å². The lowest BCUT2D eigenvalue weighted by Crippen LogP contribution is -2.19. The van der Waals surface area contributed by atoms with E-state index in [2.05, 4.69) is 6.58 Å². The zero-order valence-electron chi connectivity index (χ0n) is 31.5. The molecule has 6 rings (SSSR count). The van der Waals surface area contributed by atoms with Crippen molar-refractivity contribution in [1.82, 2.24) is 0 Å². The highest BCUT2D eigenvalue weighted by atomic mass is 32.2. The molecule has 0 amide bonds. The van der Waals surface area contributed by atoms with Gasteiger partial charge in [0, 0.05) is 76.1 Å². The highest BCUT2D eigenvalue weighted by Crippen LogP contribution is 2.47. The van der Waals surface area contributed by atoms with Crippen molar-refractivity contribution in [3.05, 3.63) is 101 Å². The molecule has 18 heteroatoms. The third-order valence-electron chi connectivity index (χ3n) is 9.81. The Morgan fingerprint density at radius 1 is 0.533 bits per heavy atom. The highest BCUT2D eigenvalue weighted by molar-refractivity contribution is 8.06. The fourth-order valence-corrected chi connectivity index (χ4v) is 8.76. The van der Waals surface area contributed by atoms with E-state index in [0.29, 0.717) is 10.8 Å². The van der Waals surface area contributed by atoms with Crippen LogP contribution in [0, 0.1) is 63.9 Å². The second-order valence-corrected chi connectivity index (χ2v) is 15.7. The average molecular weight is 879 g/mol. The zero-order chi connectivity index (χ0) is 44.7. The van der Waals surface area contributed by atoms with Crippen LogP contribution in [0.1, 0.15) is 44.7 Å². The van der Waals surface area contributed by atoms with Crippen LogP contribution in [-0.4, -0.2) is 40.9 Å². The summed E-state index contributed by atoms with van der Waals surface area (Å²) in [6.45, 7) is 10.9. The van der Waals surface area contributed by atoms with Crippen LogP contribution < -0.4 is 20.9 Å². The second-order valence-electron chi connectivity index (χ2n) is 14.0. The summed E-state index contributed by atoms with van der Waals surface area (Å²) in [4.78, 5) is -2.50. The van der Waals surface area contributed by atoms with Crippen LogP contribution in [0.5, 0.6) is 46.0 Å². The first kappa shape index (κ1) is 43.4. The lowest BCUT2D eigenvalue weighted by Gasteiger charge is -2.19. The van der Waals surface area contributed by atoms with E-state index < -0.39 is 150 Å². The van der Waals surface area contributed by atoms with Crippen molar-refractivity contribution in [2.45, 2.75) is 50.3 Å². The van der Waals surface area contributed by atoms with E-state index in [-0.39, 0.29) is 63.0 Å². The number of benzene rings is 6. The Morgan fingerprint density at radius 3 is 1.35 bits per heavy atom. The number of phenolic OH excluding ortho intramolecular Hbond substituents is 8. The number of thioether (sulfide) groups is 2. The molecule has 0 aliphatic heterocycles. The molecule has 0 saturated carbocycles. The fraction of sp³-hybridized carbons (Fsp3) is 0.143. The van der Waals surface area contributed by atoms with Gasteiger partial charge >= 0.3 is 0 Å². The molecular formula is C42H30F8O8S2. The van der Waals surface area contributed by atoms with Gasteiger partial charge in [-0.3, -0.25) is 0 Å². The van der Waals surface area contributed by atoms with Crippen LogP contribution in [0.15, 0.2) is 21.9 Å². The van der Waals surface area contributed by atoms with Crippen molar-refractivity contribution in [2.75, 3.05) is 0 Å². The Hall–Kier alpha value is -6.14. The van der Waals surface area contributed by atoms with E-state index in [1.54, 1.807) is 0 Å². The van der Waals surface area contributed by atoms with E-state index in [4.69, 9.17) is 0 Å². The molecule has 0 aromatic heterocycles. The molecule has 0 aliphatic rings. The standard InChI is InChI=1S/C42H30F8O8S2/c1-11(2)21-27-25(15(35(53)39(21)57)9-59-41-29(47)17(43)7-18(44)30(41)48)37(55)23(13(5)33(27)51)24-14(6)34(52)28-22(12(3)4)40(58)36(54)16(26(28)38(24)56)10-60-42-31(49)19(45)8-20(46)32(42)50/h7-10,12,51-58H,5H2,1-4,6H3/b15-9?,16-10?,24-23-. The largest absolute Gasteiger partial charge is 0.507 e. The predicted molar refractivity (Wildman–Crippen MR) is 210 cm³/mol. The van der Waals surface area contributed by atoms with Gasteiger partial charge < -0.3 is 40.9 Å². The summed E-state index contributed by atoms with van der Waals surface area (Å²) >= 11 is -0.0609. The molecule has 6 aromatic rings. The molecule has 0 aliphatic carbocycles. The SMILES string of the molecule is C=c1c(O)c2c(=C(C)C)c(O)c(O)c(=CSc3c(F)c(F)cc(F)c3F)c2c(O)/c1=c1/c(C)c(O)c2c(C(C)C)c(O)c(O)c(=CSc3c(F)c(F)cc(F)c3F)c2c1O. The molecule has 6 aromatic carbocycles. The lowest BCUT2D eigenvalue weighted by molar-refractivity contribution is 0.395. The monoisotopic (exact) mass is 878 g/mol. The van der Waals surface area contributed by atoms with Gasteiger partial charge in [-0.1, -0.05) is 49.5 Å². The number of fused-ring (bicyclic) bond motifs is 2. The van der Waals surface area contributed by atoms with Gasteiger partial charge in [-0.2, -0.15) is 0 Å². The number of hydrogen-bond donors (Lipinski definition) is 8. The number of hydrogen-bond acceptors (Lipinski definition) is 10. The van der Waals surface area contributed by atoms with Crippen molar-refractivity contribution in [3.63, 3.8) is 0 Å². The smallest absolute Gasteiger partial charge is 0.175 e. The molecule has 8 nitrogen and oxygen atoms in total. The van der Waals surface area contributed by atoms with Crippen LogP contribution in [0.3, 0.4) is 0 Å². The van der Waals surface area contributed by atoms with Crippen molar-refractivity contribution in [3.8, 4) is 46.0 Å². The second kappa shape index (κ2) is 15.5. The van der Waals surface area contributed by atoms with Crippen LogP contribution in [0.2, 0.25) is 0 Å². The zero-order valence-corrected chi connectivity index (χ0v) is 33.1. The topological polar surface area (TPSA) is 162 Å². The number of phenols is 8. The first-order chi connectivity index (χ1) is 28.0. The van der Waals surface area contributed by atoms with E-state index in [1.165, 1.54) is 34.6 Å². The van der Waals surface area contributed by atoms with Gasteiger partial charge in [0.2, 0.25) is 0 Å². The minimum atomic E-state index is -1.84. The van der Waals surface area contributed by atoms with E-state index in [1.807, 2.05) is 0 Å². The molecule has 60 heavy (non-hydrogen) atoms. The van der Waals surface area contributed by atoms with E-state index >= 15 is 0 Å². The normalized spacial score (nSPS) is 13.1. The highest BCUT2D eigenvalue weighted by Gasteiger charge is 2.28. The molecule has 0 saturated heterocycles. The summed E-state index contributed by atoms with van der Waals surface area (Å²) in [5, 5.41) is 88.9. The first-order valence-corrected chi connectivity index (χ1v) is 19.0. The molecule has 0 spiro atoms. The molecule has 8 N–H and O–H groups in total. The van der Waals surface area contributed by atoms with E-state index in [0.717, 1.165) is 0 Å². The van der Waals surface area contributed by atoms with Gasteiger partial charge in [-0.05, 0) is 37.5 Å². The number of halogens is 8. The molecule has 0 bridgehead atoms. The molecule has 0 heterocycles. The van der Waals surface area contributed by atoms with Crippen LogP contribution >= 0.6 is 23.5 Å². The van der Waals surface area contributed by atoms with Crippen molar-refractivity contribution in [1.29, 1.82) is 0 Å². The molecule has 314 valence electrons. The quantitative estimate of drug-likeness (QED) is 0.0279. The average Bonchev–Trinajstić information content (AvgIpc) is 3.17. The van der Waals surface area contributed by atoms with Crippen LogP contribution in [0.4, 0.5) is 35.1 Å². The Kier molecular flexibility index (Phi) is 11.2. The maximum atomic E-state index is 14.7. The third-order valence-corrected chi connectivity index (χ3v) is 11.7. The van der Waals surface area contributed by atoms with Gasteiger partial charge in [-0.25, -0.2) is 35.1 Å². The number of rotatable bonds is 5. The van der Waals surface area contributed by atoms with Gasteiger partial charge in [-0.15, -0.1) is 0 Å². The van der Waals surface area contributed by atoms with Crippen LogP contribution in [-0.2, 0) is 0 Å². The van der Waals surface area contributed by atoms with Crippen molar-refractivity contribution >= 4 is 68.0 Å². The number of aromatic hydroxyl groups is 8. The van der Waals surface area contributed by atoms with Gasteiger partial charge in [0.25, 0.3) is 0 Å². The molecule has 0 atom stereocenters. The Bertz CT molecular complexity index is 3210. The molecule has 0 radical (unpaired) electrons. The first-order valence-electron chi connectivity index (χ1n) is 17.2. The molecule has 0 fully saturated rings. The minimum absolute atomic E-state index is 0.0266. The predicted octanol–water partition coefficient (Wildman–Crippen LogP) is 8.13. The fourth-order valence-electron chi connectivity index (χ4n) is 7.02. The maximum absolute atomic E-state index is 14.7. The van der Waals surface area contributed by atoms with Gasteiger partial charge in [0.1, 0.15) is 23.0 Å². The van der Waals surface area contributed by atoms with Crippen molar-refractivity contribution in [2.24, 2.45) is 0 Å². The molecule has 0 unspecified atom stereocenters. The summed E-state index contributed by atoms with van der Waals surface area (Å²) in [5.41, 5.74) is -0.279. The maximum Gasteiger partial charge on any atom is 0.175 e. The lowest BCUT2D eigenvalue weighted by atomic mass is 9.89. The summed E-state index contributed by atoms with van der Waals surface area (Å²) in [6.07, 6.45) is 0. The Morgan fingerprint density at radius 2 is 0.933 bits per heavy atom.